The molecule has 1 unspecified atom stereocenters. The van der Waals surface area contributed by atoms with Crippen LogP contribution < -0.4 is 0 Å². The third-order valence-electron chi connectivity index (χ3n) is 3.92. The number of Topliss-reactive ketones (excluding diaryl/α,β-unsaturated/α-hetero) is 1. The molecule has 0 aromatic heterocycles. The Kier molecular flexibility index (Phi) is 6.85. The normalized spacial score (nSPS) is 12.0. The highest BCUT2D eigenvalue weighted by atomic mass is 16.5. The Bertz CT molecular complexity index is 548. The van der Waals surface area contributed by atoms with Crippen molar-refractivity contribution >= 4 is 5.78 Å². The van der Waals surface area contributed by atoms with Crippen molar-refractivity contribution in [2.75, 3.05) is 7.11 Å². The van der Waals surface area contributed by atoms with Gasteiger partial charge in [-0.1, -0.05) is 60.7 Å². The summed E-state index contributed by atoms with van der Waals surface area (Å²) < 4.78 is 5.47. The maximum absolute atomic E-state index is 12.1. The highest BCUT2D eigenvalue weighted by molar-refractivity contribution is 5.79. The Balaban J connectivity index is 1.73. The number of hydrogen-bond donors (Lipinski definition) is 0. The van der Waals surface area contributed by atoms with E-state index in [9.17, 15) is 4.79 Å². The predicted molar refractivity (Wildman–Crippen MR) is 89.9 cm³/mol. The van der Waals surface area contributed by atoms with Crippen molar-refractivity contribution < 1.29 is 9.53 Å². The number of carbonyl (C=O) groups is 1. The van der Waals surface area contributed by atoms with Crippen LogP contribution in [0.4, 0.5) is 0 Å². The number of carbonyl (C=O) groups excluding carboxylic acids is 1. The van der Waals surface area contributed by atoms with Gasteiger partial charge in [-0.05, 0) is 30.4 Å². The molecule has 0 aliphatic rings. The second kappa shape index (κ2) is 9.16. The van der Waals surface area contributed by atoms with Crippen LogP contribution >= 0.6 is 0 Å². The predicted octanol–water partition coefficient (Wildman–Crippen LogP) is 4.23. The molecule has 2 nitrogen and oxygen atoms in total. The molecule has 0 saturated heterocycles. The number of rotatable bonds is 9. The molecule has 0 bridgehead atoms. The van der Waals surface area contributed by atoms with Crippen LogP contribution in [0.25, 0.3) is 0 Å². The van der Waals surface area contributed by atoms with Gasteiger partial charge in [0.1, 0.15) is 5.78 Å². The van der Waals surface area contributed by atoms with E-state index in [4.69, 9.17) is 4.74 Å². The van der Waals surface area contributed by atoms with E-state index in [-0.39, 0.29) is 11.9 Å². The van der Waals surface area contributed by atoms with Crippen LogP contribution in [-0.2, 0) is 22.4 Å². The molecule has 2 heteroatoms. The van der Waals surface area contributed by atoms with Crippen LogP contribution in [0.1, 0.15) is 30.4 Å². The van der Waals surface area contributed by atoms with E-state index >= 15 is 0 Å². The minimum Gasteiger partial charge on any atom is -0.381 e. The topological polar surface area (TPSA) is 26.3 Å². The summed E-state index contributed by atoms with van der Waals surface area (Å²) in [4.78, 5) is 12.1. The Morgan fingerprint density at radius 2 is 1.45 bits per heavy atom. The van der Waals surface area contributed by atoms with Gasteiger partial charge in [0.25, 0.3) is 0 Å². The molecular weight excluding hydrogens is 272 g/mol. The molecule has 2 rings (SSSR count). The number of methoxy groups -OCH3 is 1. The summed E-state index contributed by atoms with van der Waals surface area (Å²) in [5, 5.41) is 0. The van der Waals surface area contributed by atoms with Crippen molar-refractivity contribution in [3.63, 3.8) is 0 Å². The molecule has 0 saturated carbocycles. The molecule has 0 spiro atoms. The van der Waals surface area contributed by atoms with Crippen molar-refractivity contribution in [2.45, 2.75) is 38.2 Å². The third-order valence-corrected chi connectivity index (χ3v) is 3.92. The fraction of sp³-hybridized carbons (Fsp3) is 0.350. The lowest BCUT2D eigenvalue weighted by Crippen LogP contribution is -2.17. The van der Waals surface area contributed by atoms with E-state index in [1.165, 1.54) is 11.1 Å². The molecule has 0 fully saturated rings. The number of aryl methyl sites for hydroxylation is 2. The SMILES string of the molecule is COC(CCc1ccccc1)CC(=O)CCc1ccccc1. The quantitative estimate of drug-likeness (QED) is 0.692. The van der Waals surface area contributed by atoms with Crippen LogP contribution in [0, 0.1) is 0 Å². The van der Waals surface area contributed by atoms with Gasteiger partial charge in [0.05, 0.1) is 6.10 Å². The van der Waals surface area contributed by atoms with Gasteiger partial charge >= 0.3 is 0 Å². The van der Waals surface area contributed by atoms with Gasteiger partial charge in [-0.2, -0.15) is 0 Å². The Morgan fingerprint density at radius 3 is 2.00 bits per heavy atom. The van der Waals surface area contributed by atoms with Crippen LogP contribution in [0.5, 0.6) is 0 Å². The van der Waals surface area contributed by atoms with Crippen molar-refractivity contribution in [2.24, 2.45) is 0 Å². The lowest BCUT2D eigenvalue weighted by Gasteiger charge is -2.14. The van der Waals surface area contributed by atoms with E-state index in [0.717, 1.165) is 19.3 Å². The highest BCUT2D eigenvalue weighted by Gasteiger charge is 2.13. The van der Waals surface area contributed by atoms with E-state index in [2.05, 4.69) is 24.3 Å². The first kappa shape index (κ1) is 16.4. The van der Waals surface area contributed by atoms with Crippen LogP contribution in [0.2, 0.25) is 0 Å². The molecule has 116 valence electrons. The molecule has 0 radical (unpaired) electrons. The minimum absolute atomic E-state index is 0.0171. The van der Waals surface area contributed by atoms with Gasteiger partial charge in [-0.15, -0.1) is 0 Å². The number of benzene rings is 2. The average molecular weight is 296 g/mol. The second-order valence-corrected chi connectivity index (χ2v) is 5.61. The number of ketones is 1. The highest BCUT2D eigenvalue weighted by Crippen LogP contribution is 2.12. The second-order valence-electron chi connectivity index (χ2n) is 5.61. The summed E-state index contributed by atoms with van der Waals surface area (Å²) in [6.07, 6.45) is 3.77. The fourth-order valence-corrected chi connectivity index (χ4v) is 2.56. The van der Waals surface area contributed by atoms with Gasteiger partial charge in [-0.25, -0.2) is 0 Å². The zero-order valence-corrected chi connectivity index (χ0v) is 13.2. The molecule has 0 heterocycles. The zero-order chi connectivity index (χ0) is 15.6. The smallest absolute Gasteiger partial charge is 0.135 e. The standard InChI is InChI=1S/C20H24O2/c1-22-20(15-13-18-10-6-3-7-11-18)16-19(21)14-12-17-8-4-2-5-9-17/h2-11,20H,12-16H2,1H3. The van der Waals surface area contributed by atoms with Crippen molar-refractivity contribution in [3.05, 3.63) is 71.8 Å². The summed E-state index contributed by atoms with van der Waals surface area (Å²) >= 11 is 0. The van der Waals surface area contributed by atoms with E-state index < -0.39 is 0 Å². The number of ether oxygens (including phenoxy) is 1. The summed E-state index contributed by atoms with van der Waals surface area (Å²) in [6, 6.07) is 20.5. The summed E-state index contributed by atoms with van der Waals surface area (Å²) in [7, 11) is 1.69. The lowest BCUT2D eigenvalue weighted by atomic mass is 10.00. The molecule has 0 N–H and O–H groups in total. The minimum atomic E-state index is 0.0171. The maximum atomic E-state index is 12.1. The zero-order valence-electron chi connectivity index (χ0n) is 13.2. The van der Waals surface area contributed by atoms with Gasteiger partial charge < -0.3 is 4.74 Å². The van der Waals surface area contributed by atoms with E-state index in [1.807, 2.05) is 36.4 Å². The van der Waals surface area contributed by atoms with Gasteiger partial charge in [0.2, 0.25) is 0 Å². The van der Waals surface area contributed by atoms with Crippen LogP contribution in [0.3, 0.4) is 0 Å². The van der Waals surface area contributed by atoms with Crippen molar-refractivity contribution in [1.82, 2.24) is 0 Å². The molecular formula is C20H24O2. The first-order valence-corrected chi connectivity index (χ1v) is 7.90. The number of hydrogen-bond acceptors (Lipinski definition) is 2. The van der Waals surface area contributed by atoms with Crippen LogP contribution in [0.15, 0.2) is 60.7 Å². The van der Waals surface area contributed by atoms with Crippen molar-refractivity contribution in [3.8, 4) is 0 Å². The molecule has 0 aliphatic carbocycles. The summed E-state index contributed by atoms with van der Waals surface area (Å²) in [5.74, 6) is 0.281. The van der Waals surface area contributed by atoms with Gasteiger partial charge in [0, 0.05) is 20.0 Å². The van der Waals surface area contributed by atoms with Gasteiger partial charge in [0.15, 0.2) is 0 Å². The summed E-state index contributed by atoms with van der Waals surface area (Å²) in [5.41, 5.74) is 2.51. The van der Waals surface area contributed by atoms with Crippen molar-refractivity contribution in [1.29, 1.82) is 0 Å². The summed E-state index contributed by atoms with van der Waals surface area (Å²) in [6.45, 7) is 0. The molecule has 0 aliphatic heterocycles. The van der Waals surface area contributed by atoms with Gasteiger partial charge in [-0.3, -0.25) is 4.79 Å². The average Bonchev–Trinajstić information content (AvgIpc) is 2.58. The lowest BCUT2D eigenvalue weighted by molar-refractivity contribution is -0.121. The molecule has 2 aromatic rings. The third kappa shape index (κ3) is 5.82. The first-order valence-electron chi connectivity index (χ1n) is 7.90. The Morgan fingerprint density at radius 1 is 0.909 bits per heavy atom. The Labute approximate surface area is 133 Å². The van der Waals surface area contributed by atoms with E-state index in [0.29, 0.717) is 12.8 Å². The molecule has 1 atom stereocenters. The molecule has 2 aromatic carbocycles. The Hall–Kier alpha value is -1.93. The fourth-order valence-electron chi connectivity index (χ4n) is 2.56. The maximum Gasteiger partial charge on any atom is 0.135 e. The van der Waals surface area contributed by atoms with Crippen LogP contribution in [-0.4, -0.2) is 19.0 Å². The molecule has 22 heavy (non-hydrogen) atoms. The van der Waals surface area contributed by atoms with E-state index in [1.54, 1.807) is 7.11 Å². The largest absolute Gasteiger partial charge is 0.381 e. The monoisotopic (exact) mass is 296 g/mol. The first-order chi connectivity index (χ1) is 10.8. The molecule has 0 amide bonds.